The van der Waals surface area contributed by atoms with Crippen molar-refractivity contribution < 1.29 is 14.2 Å². The maximum Gasteiger partial charge on any atom is 0.195 e. The Morgan fingerprint density at radius 1 is 1.26 bits per heavy atom. The zero-order chi connectivity index (χ0) is 16.7. The number of nitrogens with zero attached hydrogens (tertiary/aromatic N) is 1. The van der Waals surface area contributed by atoms with Crippen LogP contribution in [0.2, 0.25) is 0 Å². The zero-order valence-corrected chi connectivity index (χ0v) is 14.4. The molecule has 1 heterocycles. The van der Waals surface area contributed by atoms with Crippen LogP contribution in [0.3, 0.4) is 0 Å². The van der Waals surface area contributed by atoms with Gasteiger partial charge in [-0.15, -0.1) is 0 Å². The predicted molar refractivity (Wildman–Crippen MR) is 92.7 cm³/mol. The molecule has 0 amide bonds. The monoisotopic (exact) mass is 321 g/mol. The number of benzene rings is 1. The van der Waals surface area contributed by atoms with Gasteiger partial charge in [0, 0.05) is 31.8 Å². The lowest BCUT2D eigenvalue weighted by molar-refractivity contribution is 0.0311. The van der Waals surface area contributed by atoms with E-state index in [1.165, 1.54) is 0 Å². The molecule has 6 nitrogen and oxygen atoms in total. The number of hydrogen-bond donors (Lipinski definition) is 2. The number of ether oxygens (including phenoxy) is 3. The van der Waals surface area contributed by atoms with Gasteiger partial charge in [0.15, 0.2) is 17.5 Å². The third-order valence-corrected chi connectivity index (χ3v) is 3.53. The molecule has 0 bridgehead atoms. The smallest absolute Gasteiger partial charge is 0.195 e. The largest absolute Gasteiger partial charge is 0.490 e. The molecule has 0 aliphatic carbocycles. The van der Waals surface area contributed by atoms with Gasteiger partial charge >= 0.3 is 0 Å². The standard InChI is InChI=1S/C17H27N3O3/c1-5-18-16(19-12-17(2,3)21-4)20-13-7-8-14-15(11-13)23-10-6-9-22-14/h7-8,11H,5-6,9-10,12H2,1-4H3,(H2,18,19,20). The Kier molecular flexibility index (Phi) is 6.10. The molecule has 6 heteroatoms. The van der Waals surface area contributed by atoms with E-state index in [1.807, 2.05) is 39.0 Å². The molecule has 0 saturated heterocycles. The molecule has 1 aliphatic rings. The van der Waals surface area contributed by atoms with Crippen LogP contribution in [0, 0.1) is 0 Å². The summed E-state index contributed by atoms with van der Waals surface area (Å²) in [6, 6.07) is 5.82. The van der Waals surface area contributed by atoms with Crippen LogP contribution in [-0.4, -0.2) is 45.0 Å². The molecular formula is C17H27N3O3. The van der Waals surface area contributed by atoms with Crippen LogP contribution in [-0.2, 0) is 4.74 Å². The third-order valence-electron chi connectivity index (χ3n) is 3.53. The fourth-order valence-corrected chi connectivity index (χ4v) is 2.02. The number of rotatable bonds is 5. The average molecular weight is 321 g/mol. The van der Waals surface area contributed by atoms with Crippen molar-refractivity contribution in [2.45, 2.75) is 32.8 Å². The van der Waals surface area contributed by atoms with Gasteiger partial charge in [0.05, 0.1) is 25.4 Å². The minimum atomic E-state index is -0.299. The molecule has 1 aliphatic heterocycles. The Morgan fingerprint density at radius 2 is 2.00 bits per heavy atom. The van der Waals surface area contributed by atoms with Crippen molar-refractivity contribution in [2.75, 3.05) is 38.7 Å². The Bertz CT molecular complexity index is 544. The van der Waals surface area contributed by atoms with Gasteiger partial charge in [-0.05, 0) is 32.9 Å². The van der Waals surface area contributed by atoms with Gasteiger partial charge in [0.2, 0.25) is 0 Å². The first-order valence-corrected chi connectivity index (χ1v) is 8.04. The summed E-state index contributed by atoms with van der Waals surface area (Å²) >= 11 is 0. The fourth-order valence-electron chi connectivity index (χ4n) is 2.02. The van der Waals surface area contributed by atoms with E-state index >= 15 is 0 Å². The quantitative estimate of drug-likeness (QED) is 0.645. The Hall–Kier alpha value is -1.95. The molecule has 0 aromatic heterocycles. The fraction of sp³-hybridized carbons (Fsp3) is 0.588. The molecule has 0 unspecified atom stereocenters. The SMILES string of the molecule is CCNC(=NCC(C)(C)OC)Nc1ccc2c(c1)OCCCO2. The van der Waals surface area contributed by atoms with Crippen LogP contribution in [0.5, 0.6) is 11.5 Å². The lowest BCUT2D eigenvalue weighted by Crippen LogP contribution is -2.34. The lowest BCUT2D eigenvalue weighted by atomic mass is 10.1. The summed E-state index contributed by atoms with van der Waals surface area (Å²) in [4.78, 5) is 4.58. The van der Waals surface area contributed by atoms with Crippen molar-refractivity contribution in [3.05, 3.63) is 18.2 Å². The van der Waals surface area contributed by atoms with Gasteiger partial charge in [-0.1, -0.05) is 0 Å². The Labute approximate surface area is 138 Å². The van der Waals surface area contributed by atoms with Crippen LogP contribution in [0.4, 0.5) is 5.69 Å². The highest BCUT2D eigenvalue weighted by Crippen LogP contribution is 2.32. The second kappa shape index (κ2) is 8.06. The summed E-state index contributed by atoms with van der Waals surface area (Å²) in [5.41, 5.74) is 0.608. The van der Waals surface area contributed by atoms with Crippen LogP contribution in [0.25, 0.3) is 0 Å². The summed E-state index contributed by atoms with van der Waals surface area (Å²) in [5, 5.41) is 6.53. The van der Waals surface area contributed by atoms with Gasteiger partial charge in [-0.2, -0.15) is 0 Å². The maximum absolute atomic E-state index is 5.72. The third kappa shape index (κ3) is 5.32. The van der Waals surface area contributed by atoms with E-state index < -0.39 is 0 Å². The van der Waals surface area contributed by atoms with Crippen LogP contribution in [0.15, 0.2) is 23.2 Å². The molecule has 128 valence electrons. The molecule has 0 fully saturated rings. The summed E-state index contributed by atoms with van der Waals surface area (Å²) in [6.07, 6.45) is 0.896. The van der Waals surface area contributed by atoms with Crippen LogP contribution in [0.1, 0.15) is 27.2 Å². The summed E-state index contributed by atoms with van der Waals surface area (Å²) in [6.45, 7) is 8.75. The second-order valence-electron chi connectivity index (χ2n) is 6.00. The zero-order valence-electron chi connectivity index (χ0n) is 14.4. The minimum Gasteiger partial charge on any atom is -0.490 e. The van der Waals surface area contributed by atoms with E-state index in [0.717, 1.165) is 30.2 Å². The van der Waals surface area contributed by atoms with Gasteiger partial charge in [0.1, 0.15) is 0 Å². The van der Waals surface area contributed by atoms with E-state index in [-0.39, 0.29) is 5.60 Å². The maximum atomic E-state index is 5.72. The summed E-state index contributed by atoms with van der Waals surface area (Å²) in [5.74, 6) is 2.27. The second-order valence-corrected chi connectivity index (χ2v) is 6.00. The highest BCUT2D eigenvalue weighted by atomic mass is 16.5. The van der Waals surface area contributed by atoms with Gasteiger partial charge in [-0.25, -0.2) is 0 Å². The summed E-state index contributed by atoms with van der Waals surface area (Å²) < 4.78 is 16.8. The minimum absolute atomic E-state index is 0.299. The predicted octanol–water partition coefficient (Wildman–Crippen LogP) is 2.65. The molecule has 0 radical (unpaired) electrons. The van der Waals surface area contributed by atoms with Crippen molar-refractivity contribution >= 4 is 11.6 Å². The number of hydrogen-bond acceptors (Lipinski definition) is 4. The number of fused-ring (bicyclic) bond motifs is 1. The number of anilines is 1. The molecule has 0 spiro atoms. The van der Waals surface area contributed by atoms with Gasteiger partial charge in [0.25, 0.3) is 0 Å². The molecule has 1 aromatic rings. The number of nitrogens with one attached hydrogen (secondary N) is 2. The first kappa shape index (κ1) is 17.4. The normalized spacial score (nSPS) is 15.0. The van der Waals surface area contributed by atoms with E-state index in [0.29, 0.717) is 25.7 Å². The van der Waals surface area contributed by atoms with Crippen molar-refractivity contribution in [1.29, 1.82) is 0 Å². The average Bonchev–Trinajstić information content (AvgIpc) is 2.78. The topological polar surface area (TPSA) is 64.1 Å². The van der Waals surface area contributed by atoms with Crippen LogP contribution >= 0.6 is 0 Å². The Balaban J connectivity index is 2.10. The molecule has 0 saturated carbocycles. The van der Waals surface area contributed by atoms with Crippen LogP contribution < -0.4 is 20.1 Å². The van der Waals surface area contributed by atoms with Crippen molar-refractivity contribution in [2.24, 2.45) is 4.99 Å². The summed E-state index contributed by atoms with van der Waals surface area (Å²) in [7, 11) is 1.69. The highest BCUT2D eigenvalue weighted by Gasteiger charge is 2.16. The van der Waals surface area contributed by atoms with Gasteiger partial charge < -0.3 is 24.8 Å². The molecule has 2 rings (SSSR count). The number of aliphatic imine (C=N–C) groups is 1. The first-order valence-electron chi connectivity index (χ1n) is 8.04. The van der Waals surface area contributed by atoms with Crippen molar-refractivity contribution in [3.63, 3.8) is 0 Å². The molecule has 2 N–H and O–H groups in total. The van der Waals surface area contributed by atoms with E-state index in [4.69, 9.17) is 14.2 Å². The number of methoxy groups -OCH3 is 1. The molecular weight excluding hydrogens is 294 g/mol. The Morgan fingerprint density at radius 3 is 2.70 bits per heavy atom. The van der Waals surface area contributed by atoms with E-state index in [2.05, 4.69) is 15.6 Å². The van der Waals surface area contributed by atoms with Crippen molar-refractivity contribution in [3.8, 4) is 11.5 Å². The van der Waals surface area contributed by atoms with E-state index in [1.54, 1.807) is 7.11 Å². The van der Waals surface area contributed by atoms with E-state index in [9.17, 15) is 0 Å². The van der Waals surface area contributed by atoms with Crippen molar-refractivity contribution in [1.82, 2.24) is 5.32 Å². The number of guanidine groups is 1. The van der Waals surface area contributed by atoms with Gasteiger partial charge in [-0.3, -0.25) is 4.99 Å². The molecule has 1 aromatic carbocycles. The lowest BCUT2D eigenvalue weighted by Gasteiger charge is -2.21. The first-order chi connectivity index (χ1) is 11.0. The highest BCUT2D eigenvalue weighted by molar-refractivity contribution is 5.94. The molecule has 0 atom stereocenters. The molecule has 23 heavy (non-hydrogen) atoms.